The SMILES string of the molecule is O=S(=O)(Nc1cccc(F)c1)c1cccc2nsnc12. The van der Waals surface area contributed by atoms with Gasteiger partial charge in [-0.05, 0) is 30.3 Å². The lowest BCUT2D eigenvalue weighted by Gasteiger charge is -2.08. The molecule has 1 N–H and O–H groups in total. The third kappa shape index (κ3) is 2.35. The minimum absolute atomic E-state index is 0.0213. The number of fused-ring (bicyclic) bond motifs is 1. The van der Waals surface area contributed by atoms with Gasteiger partial charge in [-0.1, -0.05) is 12.1 Å². The van der Waals surface area contributed by atoms with Crippen molar-refractivity contribution in [1.82, 2.24) is 8.75 Å². The van der Waals surface area contributed by atoms with E-state index in [0.29, 0.717) is 11.0 Å². The van der Waals surface area contributed by atoms with E-state index < -0.39 is 15.8 Å². The van der Waals surface area contributed by atoms with E-state index in [4.69, 9.17) is 0 Å². The van der Waals surface area contributed by atoms with Gasteiger partial charge in [0.15, 0.2) is 0 Å². The van der Waals surface area contributed by atoms with E-state index in [1.807, 2.05) is 0 Å². The lowest BCUT2D eigenvalue weighted by atomic mass is 10.3. The molecule has 3 aromatic rings. The number of aromatic nitrogens is 2. The molecule has 0 bridgehead atoms. The predicted molar refractivity (Wildman–Crippen MR) is 74.6 cm³/mol. The van der Waals surface area contributed by atoms with Gasteiger partial charge in [0.05, 0.1) is 17.4 Å². The summed E-state index contributed by atoms with van der Waals surface area (Å²) in [6, 6.07) is 9.95. The van der Waals surface area contributed by atoms with Gasteiger partial charge < -0.3 is 0 Å². The zero-order valence-electron chi connectivity index (χ0n) is 9.95. The fourth-order valence-electron chi connectivity index (χ4n) is 1.76. The quantitative estimate of drug-likeness (QED) is 0.807. The van der Waals surface area contributed by atoms with E-state index in [-0.39, 0.29) is 10.6 Å². The Balaban J connectivity index is 2.06. The molecule has 0 spiro atoms. The Morgan fingerprint density at radius 1 is 1.10 bits per heavy atom. The average Bonchev–Trinajstić information content (AvgIpc) is 2.85. The Hall–Kier alpha value is -2.06. The molecule has 0 amide bonds. The first kappa shape index (κ1) is 12.9. The van der Waals surface area contributed by atoms with Gasteiger partial charge in [0.2, 0.25) is 0 Å². The van der Waals surface area contributed by atoms with Crippen molar-refractivity contribution in [1.29, 1.82) is 0 Å². The van der Waals surface area contributed by atoms with Crippen molar-refractivity contribution >= 4 is 38.5 Å². The van der Waals surface area contributed by atoms with Gasteiger partial charge in [-0.2, -0.15) is 8.75 Å². The molecule has 0 aliphatic heterocycles. The molecule has 0 unspecified atom stereocenters. The van der Waals surface area contributed by atoms with E-state index >= 15 is 0 Å². The number of anilines is 1. The monoisotopic (exact) mass is 309 g/mol. The van der Waals surface area contributed by atoms with E-state index in [1.165, 1.54) is 24.3 Å². The summed E-state index contributed by atoms with van der Waals surface area (Å²) in [4.78, 5) is 0.0213. The summed E-state index contributed by atoms with van der Waals surface area (Å²) in [6.45, 7) is 0. The van der Waals surface area contributed by atoms with Gasteiger partial charge in [-0.25, -0.2) is 12.8 Å². The van der Waals surface area contributed by atoms with Gasteiger partial charge >= 0.3 is 0 Å². The molecule has 1 aromatic heterocycles. The van der Waals surface area contributed by atoms with Crippen molar-refractivity contribution < 1.29 is 12.8 Å². The van der Waals surface area contributed by atoms with Crippen LogP contribution in [0.15, 0.2) is 47.4 Å². The van der Waals surface area contributed by atoms with Crippen molar-refractivity contribution in [2.24, 2.45) is 0 Å². The normalized spacial score (nSPS) is 11.7. The van der Waals surface area contributed by atoms with Crippen molar-refractivity contribution in [3.05, 3.63) is 48.3 Å². The molecule has 102 valence electrons. The van der Waals surface area contributed by atoms with Gasteiger partial charge in [0, 0.05) is 0 Å². The van der Waals surface area contributed by atoms with Crippen LogP contribution in [0.25, 0.3) is 11.0 Å². The van der Waals surface area contributed by atoms with Crippen LogP contribution in [0, 0.1) is 5.82 Å². The molecule has 3 rings (SSSR count). The van der Waals surface area contributed by atoms with Gasteiger partial charge in [-0.15, -0.1) is 0 Å². The van der Waals surface area contributed by atoms with E-state index in [0.717, 1.165) is 17.8 Å². The highest BCUT2D eigenvalue weighted by atomic mass is 32.2. The third-order valence-corrected chi connectivity index (χ3v) is 4.57. The Bertz CT molecular complexity index is 877. The van der Waals surface area contributed by atoms with E-state index in [1.54, 1.807) is 12.1 Å². The van der Waals surface area contributed by atoms with Gasteiger partial charge in [-0.3, -0.25) is 4.72 Å². The van der Waals surface area contributed by atoms with Crippen LogP contribution >= 0.6 is 11.7 Å². The molecule has 0 radical (unpaired) electrons. The van der Waals surface area contributed by atoms with Gasteiger partial charge in [0.1, 0.15) is 21.7 Å². The summed E-state index contributed by atoms with van der Waals surface area (Å²) in [5.41, 5.74) is 0.976. The maximum absolute atomic E-state index is 13.1. The fraction of sp³-hybridized carbons (Fsp3) is 0. The molecule has 0 saturated heterocycles. The lowest BCUT2D eigenvalue weighted by molar-refractivity contribution is 0.602. The molecule has 8 heteroatoms. The Labute approximate surface area is 118 Å². The average molecular weight is 309 g/mol. The van der Waals surface area contributed by atoms with E-state index in [2.05, 4.69) is 13.5 Å². The highest BCUT2D eigenvalue weighted by Gasteiger charge is 2.19. The van der Waals surface area contributed by atoms with Crippen LogP contribution in [0.5, 0.6) is 0 Å². The summed E-state index contributed by atoms with van der Waals surface area (Å²) in [5, 5.41) is 0. The molecule has 1 heterocycles. The molecule has 0 aliphatic carbocycles. The molecule has 20 heavy (non-hydrogen) atoms. The predicted octanol–water partition coefficient (Wildman–Crippen LogP) is 2.63. The van der Waals surface area contributed by atoms with Crippen LogP contribution in [0.2, 0.25) is 0 Å². The standard InChI is InChI=1S/C12H8FN3O2S2/c13-8-3-1-4-9(7-8)16-20(17,18)11-6-2-5-10-12(11)15-19-14-10/h1-7,16H. The molecule has 5 nitrogen and oxygen atoms in total. The summed E-state index contributed by atoms with van der Waals surface area (Å²) >= 11 is 0.940. The Morgan fingerprint density at radius 3 is 2.70 bits per heavy atom. The van der Waals surface area contributed by atoms with E-state index in [9.17, 15) is 12.8 Å². The molecule has 0 atom stereocenters. The minimum atomic E-state index is -3.84. The number of benzene rings is 2. The molecule has 0 fully saturated rings. The van der Waals surface area contributed by atoms with Crippen LogP contribution < -0.4 is 4.72 Å². The third-order valence-electron chi connectivity index (χ3n) is 2.62. The van der Waals surface area contributed by atoms with Crippen LogP contribution in [0.1, 0.15) is 0 Å². The number of nitrogens with one attached hydrogen (secondary N) is 1. The summed E-state index contributed by atoms with van der Waals surface area (Å²) in [6.07, 6.45) is 0. The van der Waals surface area contributed by atoms with Crippen molar-refractivity contribution in [2.45, 2.75) is 4.90 Å². The number of hydrogen-bond donors (Lipinski definition) is 1. The van der Waals surface area contributed by atoms with Crippen LogP contribution in [-0.4, -0.2) is 17.2 Å². The largest absolute Gasteiger partial charge is 0.279 e. The maximum atomic E-state index is 13.1. The number of nitrogens with zero attached hydrogens (tertiary/aromatic N) is 2. The van der Waals surface area contributed by atoms with Crippen LogP contribution in [-0.2, 0) is 10.0 Å². The molecule has 2 aromatic carbocycles. The zero-order valence-corrected chi connectivity index (χ0v) is 11.6. The van der Waals surface area contributed by atoms with Gasteiger partial charge in [0.25, 0.3) is 10.0 Å². The summed E-state index contributed by atoms with van der Waals surface area (Å²) < 4.78 is 48.0. The first-order valence-corrected chi connectivity index (χ1v) is 7.77. The fourth-order valence-corrected chi connectivity index (χ4v) is 3.58. The smallest absolute Gasteiger partial charge is 0.264 e. The maximum Gasteiger partial charge on any atom is 0.264 e. The number of halogens is 1. The Kier molecular flexibility index (Phi) is 3.11. The molecule has 0 saturated carbocycles. The number of rotatable bonds is 3. The number of sulfonamides is 1. The summed E-state index contributed by atoms with van der Waals surface area (Å²) in [5.74, 6) is -0.515. The second kappa shape index (κ2) is 4.80. The van der Waals surface area contributed by atoms with Crippen LogP contribution in [0.3, 0.4) is 0 Å². The first-order chi connectivity index (χ1) is 9.56. The molecular weight excluding hydrogens is 301 g/mol. The zero-order chi connectivity index (χ0) is 14.2. The second-order valence-corrected chi connectivity index (χ2v) is 6.18. The topological polar surface area (TPSA) is 72.0 Å². The second-order valence-electron chi connectivity index (χ2n) is 4.00. The highest BCUT2D eigenvalue weighted by molar-refractivity contribution is 7.93. The highest BCUT2D eigenvalue weighted by Crippen LogP contribution is 2.23. The van der Waals surface area contributed by atoms with Crippen LogP contribution in [0.4, 0.5) is 10.1 Å². The molecule has 0 aliphatic rings. The first-order valence-electron chi connectivity index (χ1n) is 5.56. The molecular formula is C12H8FN3O2S2. The van der Waals surface area contributed by atoms with Crippen molar-refractivity contribution in [3.8, 4) is 0 Å². The van der Waals surface area contributed by atoms with Crippen molar-refractivity contribution in [2.75, 3.05) is 4.72 Å². The van der Waals surface area contributed by atoms with Crippen molar-refractivity contribution in [3.63, 3.8) is 0 Å². The number of hydrogen-bond acceptors (Lipinski definition) is 5. The minimum Gasteiger partial charge on any atom is -0.279 e. The Morgan fingerprint density at radius 2 is 1.90 bits per heavy atom. The lowest BCUT2D eigenvalue weighted by Crippen LogP contribution is -2.13. The summed E-state index contributed by atoms with van der Waals surface area (Å²) in [7, 11) is -3.84.